The number of thiophene rings is 1. The Morgan fingerprint density at radius 3 is 2.59 bits per heavy atom. The number of hydrogen-bond acceptors (Lipinski definition) is 8. The van der Waals surface area contributed by atoms with Gasteiger partial charge in [0, 0.05) is 49.5 Å². The number of fused-ring (bicyclic) bond motifs is 1. The smallest absolute Gasteiger partial charge is 0.399 e. The Balaban J connectivity index is 1.20. The van der Waals surface area contributed by atoms with Gasteiger partial charge in [-0.25, -0.2) is 14.2 Å². The summed E-state index contributed by atoms with van der Waals surface area (Å²) in [5.41, 5.74) is 2.46. The first kappa shape index (κ1) is 29.5. The van der Waals surface area contributed by atoms with E-state index >= 15 is 4.39 Å². The summed E-state index contributed by atoms with van der Waals surface area (Å²) in [6, 6.07) is 13.3. The second kappa shape index (κ2) is 12.2. The molecule has 1 atom stereocenters. The Labute approximate surface area is 258 Å². The number of nitrogens with zero attached hydrogens (tertiary/aromatic N) is 4. The Hall–Kier alpha value is -4.55. The predicted molar refractivity (Wildman–Crippen MR) is 168 cm³/mol. The molecule has 12 heteroatoms. The monoisotopic (exact) mass is 616 g/mol. The maximum atomic E-state index is 15.7. The van der Waals surface area contributed by atoms with E-state index in [1.54, 1.807) is 37.2 Å². The Morgan fingerprint density at radius 2 is 1.82 bits per heavy atom. The van der Waals surface area contributed by atoms with E-state index in [-0.39, 0.29) is 34.7 Å². The van der Waals surface area contributed by atoms with Crippen molar-refractivity contribution in [3.8, 4) is 16.3 Å². The Morgan fingerprint density at radius 1 is 1.05 bits per heavy atom. The fourth-order valence-electron chi connectivity index (χ4n) is 5.61. The molecule has 4 aromatic rings. The molecule has 3 heterocycles. The molecule has 2 aromatic carbocycles. The van der Waals surface area contributed by atoms with E-state index in [4.69, 9.17) is 4.74 Å². The molecule has 2 aliphatic rings. The molecule has 1 aliphatic carbocycles. The van der Waals surface area contributed by atoms with E-state index in [0.29, 0.717) is 17.3 Å². The molecular weight excluding hydrogens is 583 g/mol. The van der Waals surface area contributed by atoms with Crippen LogP contribution >= 0.6 is 11.3 Å². The zero-order chi connectivity index (χ0) is 31.0. The maximum Gasteiger partial charge on any atom is 0.417 e. The summed E-state index contributed by atoms with van der Waals surface area (Å²) in [4.78, 5) is 47.7. The van der Waals surface area contributed by atoms with Gasteiger partial charge in [-0.2, -0.15) is 0 Å². The SMILES string of the molecule is CN1CCN(C)C(c2ccc(Nc3nc(-c4cccc(NC(=O)Oc5cc6c(s5)CCCC6)c4F)cn(C)c3=O)cc2)C1=O. The van der Waals surface area contributed by atoms with E-state index in [1.165, 1.54) is 44.7 Å². The lowest BCUT2D eigenvalue weighted by Crippen LogP contribution is -2.48. The number of nitrogens with one attached hydrogen (secondary N) is 2. The summed E-state index contributed by atoms with van der Waals surface area (Å²) in [7, 11) is 5.27. The van der Waals surface area contributed by atoms with Gasteiger partial charge in [-0.05, 0) is 74.2 Å². The van der Waals surface area contributed by atoms with Crippen LogP contribution in [0.4, 0.5) is 26.4 Å². The highest BCUT2D eigenvalue weighted by Crippen LogP contribution is 2.35. The fraction of sp³-hybridized carbons (Fsp3) is 0.312. The van der Waals surface area contributed by atoms with Gasteiger partial charge in [0.15, 0.2) is 16.7 Å². The molecular formula is C32H33FN6O4S. The minimum atomic E-state index is -0.786. The van der Waals surface area contributed by atoms with Gasteiger partial charge >= 0.3 is 6.09 Å². The molecule has 228 valence electrons. The van der Waals surface area contributed by atoms with Crippen LogP contribution in [0.25, 0.3) is 11.3 Å². The molecule has 44 heavy (non-hydrogen) atoms. The Bertz CT molecular complexity index is 1760. The van der Waals surface area contributed by atoms with Crippen LogP contribution in [-0.2, 0) is 24.7 Å². The average Bonchev–Trinajstić information content (AvgIpc) is 3.41. The highest BCUT2D eigenvalue weighted by atomic mass is 32.1. The summed E-state index contributed by atoms with van der Waals surface area (Å²) in [6.45, 7) is 1.45. The lowest BCUT2D eigenvalue weighted by molar-refractivity contribution is -0.139. The largest absolute Gasteiger partial charge is 0.417 e. The Kier molecular flexibility index (Phi) is 8.19. The number of anilines is 3. The minimum Gasteiger partial charge on any atom is -0.399 e. The number of piperazine rings is 1. The van der Waals surface area contributed by atoms with Crippen LogP contribution in [0.3, 0.4) is 0 Å². The van der Waals surface area contributed by atoms with Gasteiger partial charge in [0.1, 0.15) is 6.04 Å². The lowest BCUT2D eigenvalue weighted by Gasteiger charge is -2.37. The van der Waals surface area contributed by atoms with Crippen LogP contribution in [0.5, 0.6) is 5.06 Å². The normalized spacial score (nSPS) is 16.9. The molecule has 1 aliphatic heterocycles. The van der Waals surface area contributed by atoms with E-state index in [1.807, 2.05) is 30.1 Å². The zero-order valence-corrected chi connectivity index (χ0v) is 25.5. The topological polar surface area (TPSA) is 109 Å². The highest BCUT2D eigenvalue weighted by molar-refractivity contribution is 7.14. The van der Waals surface area contributed by atoms with Gasteiger partial charge in [0.2, 0.25) is 5.91 Å². The number of amides is 2. The van der Waals surface area contributed by atoms with Gasteiger partial charge in [0.05, 0.1) is 11.4 Å². The number of carbonyl (C=O) groups is 2. The highest BCUT2D eigenvalue weighted by Gasteiger charge is 2.32. The first-order valence-electron chi connectivity index (χ1n) is 14.5. The molecule has 10 nitrogen and oxygen atoms in total. The van der Waals surface area contributed by atoms with Gasteiger partial charge in [-0.1, -0.05) is 18.2 Å². The summed E-state index contributed by atoms with van der Waals surface area (Å²) in [5.74, 6) is -0.676. The lowest BCUT2D eigenvalue weighted by atomic mass is 10.00. The van der Waals surface area contributed by atoms with E-state index in [0.717, 1.165) is 37.8 Å². The van der Waals surface area contributed by atoms with Crippen molar-refractivity contribution in [1.29, 1.82) is 0 Å². The molecule has 0 radical (unpaired) electrons. The number of aromatic nitrogens is 2. The van der Waals surface area contributed by atoms with Crippen molar-refractivity contribution < 1.29 is 18.7 Å². The average molecular weight is 617 g/mol. The first-order valence-corrected chi connectivity index (χ1v) is 15.3. The molecule has 0 saturated carbocycles. The third-order valence-corrected chi connectivity index (χ3v) is 9.19. The second-order valence-electron chi connectivity index (χ2n) is 11.2. The first-order chi connectivity index (χ1) is 21.2. The quantitative estimate of drug-likeness (QED) is 0.302. The van der Waals surface area contributed by atoms with Crippen LogP contribution in [0.2, 0.25) is 0 Å². The van der Waals surface area contributed by atoms with Crippen molar-refractivity contribution in [3.63, 3.8) is 0 Å². The van der Waals surface area contributed by atoms with Crippen LogP contribution in [0.1, 0.15) is 34.9 Å². The van der Waals surface area contributed by atoms with Crippen LogP contribution in [-0.4, -0.2) is 58.5 Å². The third kappa shape index (κ3) is 5.95. The van der Waals surface area contributed by atoms with Crippen molar-refractivity contribution in [2.75, 3.05) is 37.8 Å². The number of halogens is 1. The minimum absolute atomic E-state index is 0.00202. The molecule has 1 saturated heterocycles. The molecule has 0 spiro atoms. The van der Waals surface area contributed by atoms with Gasteiger partial charge in [-0.15, -0.1) is 11.3 Å². The number of ether oxygens (including phenoxy) is 1. The molecule has 2 amide bonds. The number of likely N-dealkylation sites (N-methyl/N-ethyl adjacent to an activating group) is 2. The maximum absolute atomic E-state index is 15.7. The number of benzene rings is 2. The van der Waals surface area contributed by atoms with E-state index in [9.17, 15) is 14.4 Å². The summed E-state index contributed by atoms with van der Waals surface area (Å²) in [6.07, 6.45) is 4.85. The van der Waals surface area contributed by atoms with Crippen molar-refractivity contribution in [2.24, 2.45) is 7.05 Å². The number of carbonyl (C=O) groups excluding carboxylic acids is 2. The molecule has 2 N–H and O–H groups in total. The van der Waals surface area contributed by atoms with E-state index in [2.05, 4.69) is 15.6 Å². The predicted octanol–water partition coefficient (Wildman–Crippen LogP) is 5.33. The third-order valence-electron chi connectivity index (χ3n) is 8.08. The summed E-state index contributed by atoms with van der Waals surface area (Å²) >= 11 is 1.45. The van der Waals surface area contributed by atoms with Gasteiger partial charge < -0.3 is 19.5 Å². The molecule has 2 aromatic heterocycles. The zero-order valence-electron chi connectivity index (χ0n) is 24.7. The van der Waals surface area contributed by atoms with Gasteiger partial charge in [0.25, 0.3) is 5.56 Å². The molecule has 1 fully saturated rings. The van der Waals surface area contributed by atoms with Crippen molar-refractivity contribution in [2.45, 2.75) is 31.7 Å². The van der Waals surface area contributed by atoms with Crippen molar-refractivity contribution in [1.82, 2.24) is 19.4 Å². The summed E-state index contributed by atoms with van der Waals surface area (Å²) < 4.78 is 22.5. The van der Waals surface area contributed by atoms with Crippen LogP contribution in [0.15, 0.2) is 59.5 Å². The van der Waals surface area contributed by atoms with Gasteiger partial charge in [-0.3, -0.25) is 19.8 Å². The summed E-state index contributed by atoms with van der Waals surface area (Å²) in [5, 5.41) is 6.02. The standard InChI is InChI=1S/C32H33FN6O4S/c1-37-15-16-38(2)30(40)28(37)19-11-13-21(14-12-19)34-29-31(41)39(3)18-24(35-29)22-8-6-9-23(27(22)33)36-32(42)43-26-17-20-7-4-5-10-25(20)44-26/h6,8-9,11-14,17-18,28H,4-5,7,10,15-16H2,1-3H3,(H,34,35)(H,36,42). The van der Waals surface area contributed by atoms with Crippen LogP contribution in [0, 0.1) is 5.82 Å². The van der Waals surface area contributed by atoms with Crippen LogP contribution < -0.4 is 20.9 Å². The molecule has 0 bridgehead atoms. The van der Waals surface area contributed by atoms with Crippen molar-refractivity contribution >= 4 is 40.5 Å². The molecule has 1 unspecified atom stereocenters. The number of hydrogen-bond donors (Lipinski definition) is 2. The second-order valence-corrected chi connectivity index (χ2v) is 12.3. The molecule has 6 rings (SSSR count). The van der Waals surface area contributed by atoms with E-state index < -0.39 is 17.5 Å². The fourth-order valence-corrected chi connectivity index (χ4v) is 6.71. The van der Waals surface area contributed by atoms with Crippen molar-refractivity contribution in [3.05, 3.63) is 86.9 Å². The number of rotatable bonds is 6. The number of aryl methyl sites for hydroxylation is 3.